The van der Waals surface area contributed by atoms with Crippen LogP contribution in [0, 0.1) is 12.8 Å². The third kappa shape index (κ3) is 5.95. The van der Waals surface area contributed by atoms with Gasteiger partial charge in [0.2, 0.25) is 17.4 Å². The number of carbonyl (C=O) groups is 3. The second-order valence-electron chi connectivity index (χ2n) is 12.6. The number of fused-ring (bicyclic) bond motifs is 3. The number of amides is 1. The van der Waals surface area contributed by atoms with Crippen molar-refractivity contribution in [2.75, 3.05) is 56.4 Å². The summed E-state index contributed by atoms with van der Waals surface area (Å²) in [5.41, 5.74) is 2.86. The number of rotatable bonds is 12. The van der Waals surface area contributed by atoms with Crippen LogP contribution in [0.25, 0.3) is 10.8 Å². The van der Waals surface area contributed by atoms with E-state index in [-0.39, 0.29) is 54.8 Å². The van der Waals surface area contributed by atoms with Gasteiger partial charge in [-0.05, 0) is 41.8 Å². The maximum atomic E-state index is 14.8. The molecule has 1 fully saturated rings. The third-order valence-electron chi connectivity index (χ3n) is 10.1. The van der Waals surface area contributed by atoms with Gasteiger partial charge in [-0.25, -0.2) is 4.79 Å². The molecule has 2 aliphatic heterocycles. The van der Waals surface area contributed by atoms with Gasteiger partial charge in [-0.15, -0.1) is 0 Å². The Hall–Kier alpha value is -5.65. The predicted molar refractivity (Wildman–Crippen MR) is 192 cm³/mol. The molecule has 0 aliphatic carbocycles. The molecule has 0 unspecified atom stereocenters. The predicted octanol–water partition coefficient (Wildman–Crippen LogP) is 5.69. The summed E-state index contributed by atoms with van der Waals surface area (Å²) in [7, 11) is 10.6. The SMILES string of the molecule is COc1cc(C[C@@H]2CC(=O)[C@@H]3Cc4c(OC)c(OC)c(OC)c(OC)c4[C@H](COC(=O)c4cccc5ccccc45)N3C2=O)c(OC)c(C)c1OC. The fraction of sp³-hybridized carbons (Fsp3) is 0.375. The van der Waals surface area contributed by atoms with Crippen LogP contribution < -0.4 is 33.2 Å². The van der Waals surface area contributed by atoms with Crippen LogP contribution >= 0.6 is 0 Å². The standard InChI is InChI=1S/C40H43NO11/c1-21-33(46-3)23(18-31(45-2)34(21)47-4)16-24-17-30(42)28-19-27-32(36(49-6)38(51-8)37(50-7)35(27)48-5)29(41(28)39(24)43)20-52-40(44)26-15-11-13-22-12-9-10-14-25(22)26/h9-15,18,24,28-29H,16-17,19-20H2,1-8H3/t24-,28+,29+/m1/s1. The number of carbonyl (C=O) groups excluding carboxylic acids is 3. The van der Waals surface area contributed by atoms with Crippen molar-refractivity contribution in [2.24, 2.45) is 5.92 Å². The Labute approximate surface area is 302 Å². The summed E-state index contributed by atoms with van der Waals surface area (Å²) in [5.74, 6) is 0.892. The van der Waals surface area contributed by atoms with Crippen LogP contribution in [0.4, 0.5) is 0 Å². The Morgan fingerprint density at radius 3 is 2.02 bits per heavy atom. The van der Waals surface area contributed by atoms with E-state index in [2.05, 4.69) is 0 Å². The first-order valence-electron chi connectivity index (χ1n) is 16.8. The van der Waals surface area contributed by atoms with Crippen LogP contribution in [0.15, 0.2) is 48.5 Å². The Balaban J connectivity index is 1.47. The van der Waals surface area contributed by atoms with E-state index in [1.165, 1.54) is 35.5 Å². The van der Waals surface area contributed by atoms with Crippen molar-refractivity contribution in [3.8, 4) is 40.2 Å². The zero-order valence-electron chi connectivity index (χ0n) is 30.6. The van der Waals surface area contributed by atoms with Crippen molar-refractivity contribution < 1.29 is 52.3 Å². The fourth-order valence-electron chi connectivity index (χ4n) is 7.85. The van der Waals surface area contributed by atoms with E-state index >= 15 is 0 Å². The summed E-state index contributed by atoms with van der Waals surface area (Å²) >= 11 is 0. The molecule has 12 heteroatoms. The van der Waals surface area contributed by atoms with Crippen molar-refractivity contribution in [3.63, 3.8) is 0 Å². The summed E-state index contributed by atoms with van der Waals surface area (Å²) in [4.78, 5) is 44.4. The van der Waals surface area contributed by atoms with Crippen LogP contribution in [0.1, 0.15) is 45.1 Å². The molecule has 52 heavy (non-hydrogen) atoms. The van der Waals surface area contributed by atoms with Crippen LogP contribution in [-0.4, -0.2) is 85.0 Å². The molecular formula is C40H43NO11. The lowest BCUT2D eigenvalue weighted by molar-refractivity contribution is -0.155. The summed E-state index contributed by atoms with van der Waals surface area (Å²) in [6.07, 6.45) is 0.292. The van der Waals surface area contributed by atoms with Gasteiger partial charge in [-0.3, -0.25) is 9.59 Å². The van der Waals surface area contributed by atoms with Crippen molar-refractivity contribution in [3.05, 3.63) is 76.3 Å². The van der Waals surface area contributed by atoms with Gasteiger partial charge in [-0.1, -0.05) is 36.4 Å². The lowest BCUT2D eigenvalue weighted by Crippen LogP contribution is -2.58. The van der Waals surface area contributed by atoms with Crippen LogP contribution in [0.5, 0.6) is 40.2 Å². The van der Waals surface area contributed by atoms with Crippen molar-refractivity contribution in [1.29, 1.82) is 0 Å². The summed E-state index contributed by atoms with van der Waals surface area (Å²) in [6.45, 7) is 1.56. The van der Waals surface area contributed by atoms with Crippen LogP contribution in [0.3, 0.4) is 0 Å². The maximum Gasteiger partial charge on any atom is 0.338 e. The van der Waals surface area contributed by atoms with Gasteiger partial charge in [0, 0.05) is 35.4 Å². The first-order chi connectivity index (χ1) is 25.2. The number of benzene rings is 4. The minimum absolute atomic E-state index is 0.0128. The molecule has 1 saturated heterocycles. The molecule has 0 aromatic heterocycles. The van der Waals surface area contributed by atoms with E-state index in [4.69, 9.17) is 37.9 Å². The van der Waals surface area contributed by atoms with Crippen LogP contribution in [0.2, 0.25) is 0 Å². The topological polar surface area (TPSA) is 128 Å². The number of methoxy groups -OCH3 is 7. The van der Waals surface area contributed by atoms with Crippen molar-refractivity contribution in [1.82, 2.24) is 4.90 Å². The lowest BCUT2D eigenvalue weighted by atomic mass is 9.77. The van der Waals surface area contributed by atoms with E-state index < -0.39 is 24.0 Å². The quantitative estimate of drug-likeness (QED) is 0.168. The van der Waals surface area contributed by atoms with Gasteiger partial charge in [0.1, 0.15) is 12.4 Å². The highest BCUT2D eigenvalue weighted by atomic mass is 16.5. The van der Waals surface area contributed by atoms with Gasteiger partial charge in [0.05, 0.1) is 67.4 Å². The molecule has 3 atom stereocenters. The largest absolute Gasteiger partial charge is 0.496 e. The molecule has 4 aromatic rings. The second-order valence-corrected chi connectivity index (χ2v) is 12.6. The van der Waals surface area contributed by atoms with Gasteiger partial charge in [-0.2, -0.15) is 0 Å². The zero-order valence-corrected chi connectivity index (χ0v) is 30.6. The van der Waals surface area contributed by atoms with Gasteiger partial charge >= 0.3 is 5.97 Å². The van der Waals surface area contributed by atoms with Gasteiger partial charge in [0.15, 0.2) is 28.8 Å². The molecule has 2 heterocycles. The molecule has 0 saturated carbocycles. The number of piperidine rings is 1. The number of esters is 1. The lowest BCUT2D eigenvalue weighted by Gasteiger charge is -2.47. The molecule has 0 bridgehead atoms. The molecule has 2 aliphatic rings. The molecule has 6 rings (SSSR count). The van der Waals surface area contributed by atoms with E-state index in [0.29, 0.717) is 50.8 Å². The van der Waals surface area contributed by atoms with E-state index in [1.54, 1.807) is 37.3 Å². The molecule has 0 radical (unpaired) electrons. The van der Waals surface area contributed by atoms with Gasteiger partial charge < -0.3 is 42.8 Å². The highest BCUT2D eigenvalue weighted by molar-refractivity contribution is 6.04. The summed E-state index contributed by atoms with van der Waals surface area (Å²) in [5, 5.41) is 1.61. The number of ether oxygens (including phenoxy) is 8. The molecule has 12 nitrogen and oxygen atoms in total. The smallest absolute Gasteiger partial charge is 0.338 e. The van der Waals surface area contributed by atoms with Crippen molar-refractivity contribution >= 4 is 28.4 Å². The number of Topliss-reactive ketones (excluding diaryl/α,β-unsaturated/α-hetero) is 1. The molecule has 0 spiro atoms. The Morgan fingerprint density at radius 1 is 0.731 bits per heavy atom. The first-order valence-corrected chi connectivity index (χ1v) is 16.8. The van der Waals surface area contributed by atoms with E-state index in [0.717, 1.165) is 10.8 Å². The Kier molecular flexibility index (Phi) is 10.4. The monoisotopic (exact) mass is 713 g/mol. The summed E-state index contributed by atoms with van der Waals surface area (Å²) in [6, 6.07) is 12.9. The second kappa shape index (κ2) is 14.9. The number of ketones is 1. The first kappa shape index (κ1) is 36.2. The molecule has 4 aromatic carbocycles. The third-order valence-corrected chi connectivity index (χ3v) is 10.1. The highest BCUT2D eigenvalue weighted by Crippen LogP contribution is 2.55. The fourth-order valence-corrected chi connectivity index (χ4v) is 7.85. The van der Waals surface area contributed by atoms with E-state index in [9.17, 15) is 14.4 Å². The zero-order chi connectivity index (χ0) is 37.3. The number of nitrogens with zero attached hydrogens (tertiary/aromatic N) is 1. The molecule has 1 amide bonds. The molecule has 274 valence electrons. The minimum Gasteiger partial charge on any atom is -0.496 e. The minimum atomic E-state index is -0.954. The molecular weight excluding hydrogens is 670 g/mol. The maximum absolute atomic E-state index is 14.8. The number of hydrogen-bond acceptors (Lipinski definition) is 11. The van der Waals surface area contributed by atoms with Crippen LogP contribution in [-0.2, 0) is 27.2 Å². The number of hydrogen-bond donors (Lipinski definition) is 0. The Bertz CT molecular complexity index is 2040. The molecule has 0 N–H and O–H groups in total. The Morgan fingerprint density at radius 2 is 1.37 bits per heavy atom. The normalized spacial score (nSPS) is 17.9. The average Bonchev–Trinajstić information content (AvgIpc) is 3.16. The summed E-state index contributed by atoms with van der Waals surface area (Å²) < 4.78 is 46.3. The van der Waals surface area contributed by atoms with Gasteiger partial charge in [0.25, 0.3) is 0 Å². The van der Waals surface area contributed by atoms with Crippen molar-refractivity contribution in [2.45, 2.75) is 38.3 Å². The highest BCUT2D eigenvalue weighted by Gasteiger charge is 2.51. The van der Waals surface area contributed by atoms with E-state index in [1.807, 2.05) is 37.3 Å². The average molecular weight is 714 g/mol.